The number of amides is 1. The normalized spacial score (nSPS) is 10.3. The molecule has 0 saturated heterocycles. The number of nitrogens with zero attached hydrogens (tertiary/aromatic N) is 2. The number of aromatic amines is 1. The summed E-state index contributed by atoms with van der Waals surface area (Å²) < 4.78 is 0. The van der Waals surface area contributed by atoms with Gasteiger partial charge in [0.2, 0.25) is 0 Å². The molecule has 94 valence electrons. The fraction of sp³-hybridized carbons (Fsp3) is 0.231. The third kappa shape index (κ3) is 2.34. The van der Waals surface area contributed by atoms with E-state index >= 15 is 0 Å². The standard InChI is InChI=1S/C13H16N4O/c1-9-11(14)12(16-15-9)13(18)17(2)8-10-6-4-3-5-7-10/h3-7H,8,14H2,1-2H3,(H,15,16). The van der Waals surface area contributed by atoms with E-state index in [-0.39, 0.29) is 11.6 Å². The molecule has 0 aliphatic heterocycles. The number of aryl methyl sites for hydroxylation is 1. The molecule has 0 saturated carbocycles. The number of nitrogens with two attached hydrogens (primary N) is 1. The summed E-state index contributed by atoms with van der Waals surface area (Å²) in [6.45, 7) is 2.32. The number of nitrogen functional groups attached to an aromatic ring is 1. The molecule has 0 fully saturated rings. The molecule has 3 N–H and O–H groups in total. The molecule has 1 heterocycles. The summed E-state index contributed by atoms with van der Waals surface area (Å²) in [4.78, 5) is 13.7. The molecule has 5 nitrogen and oxygen atoms in total. The van der Waals surface area contributed by atoms with Gasteiger partial charge >= 0.3 is 0 Å². The van der Waals surface area contributed by atoms with Crippen LogP contribution in [-0.4, -0.2) is 28.1 Å². The van der Waals surface area contributed by atoms with Gasteiger partial charge in [0.05, 0.1) is 11.4 Å². The van der Waals surface area contributed by atoms with Gasteiger partial charge in [-0.1, -0.05) is 30.3 Å². The molecule has 1 aromatic heterocycles. The number of benzene rings is 1. The average molecular weight is 244 g/mol. The van der Waals surface area contributed by atoms with Crippen LogP contribution in [0.2, 0.25) is 0 Å². The van der Waals surface area contributed by atoms with Crippen molar-refractivity contribution in [1.29, 1.82) is 0 Å². The minimum absolute atomic E-state index is 0.180. The summed E-state index contributed by atoms with van der Waals surface area (Å²) >= 11 is 0. The maximum Gasteiger partial charge on any atom is 0.276 e. The molecule has 1 amide bonds. The van der Waals surface area contributed by atoms with Crippen LogP contribution < -0.4 is 5.73 Å². The van der Waals surface area contributed by atoms with E-state index in [2.05, 4.69) is 10.2 Å². The second kappa shape index (κ2) is 4.91. The predicted octanol–water partition coefficient (Wildman–Crippen LogP) is 1.57. The SMILES string of the molecule is Cc1[nH]nc(C(=O)N(C)Cc2ccccc2)c1N. The van der Waals surface area contributed by atoms with Crippen molar-refractivity contribution < 1.29 is 4.79 Å². The van der Waals surface area contributed by atoms with Gasteiger partial charge in [-0.25, -0.2) is 0 Å². The van der Waals surface area contributed by atoms with Crippen LogP contribution in [0.25, 0.3) is 0 Å². The van der Waals surface area contributed by atoms with E-state index in [0.717, 1.165) is 5.56 Å². The topological polar surface area (TPSA) is 75.0 Å². The molecule has 0 aliphatic rings. The highest BCUT2D eigenvalue weighted by Gasteiger charge is 2.19. The third-order valence-corrected chi connectivity index (χ3v) is 2.81. The summed E-state index contributed by atoms with van der Waals surface area (Å²) in [5, 5.41) is 6.65. The van der Waals surface area contributed by atoms with Crippen LogP contribution in [0, 0.1) is 6.92 Å². The Hall–Kier alpha value is -2.30. The van der Waals surface area contributed by atoms with Crippen LogP contribution in [0.1, 0.15) is 21.7 Å². The molecule has 0 bridgehead atoms. The molecule has 18 heavy (non-hydrogen) atoms. The van der Waals surface area contributed by atoms with E-state index in [4.69, 9.17) is 5.73 Å². The Morgan fingerprint density at radius 3 is 2.61 bits per heavy atom. The van der Waals surface area contributed by atoms with E-state index in [1.807, 2.05) is 30.3 Å². The van der Waals surface area contributed by atoms with Gasteiger partial charge in [0.1, 0.15) is 0 Å². The van der Waals surface area contributed by atoms with Gasteiger partial charge in [-0.15, -0.1) is 0 Å². The Balaban J connectivity index is 2.12. The quantitative estimate of drug-likeness (QED) is 0.860. The van der Waals surface area contributed by atoms with Crippen LogP contribution in [0.15, 0.2) is 30.3 Å². The summed E-state index contributed by atoms with van der Waals surface area (Å²) in [6.07, 6.45) is 0. The first kappa shape index (κ1) is 12.2. The second-order valence-electron chi connectivity index (χ2n) is 4.26. The fourth-order valence-electron chi connectivity index (χ4n) is 1.71. The molecule has 0 unspecified atom stereocenters. The number of carbonyl (C=O) groups excluding carboxylic acids is 1. The Kier molecular flexibility index (Phi) is 3.32. The highest BCUT2D eigenvalue weighted by molar-refractivity contribution is 5.97. The van der Waals surface area contributed by atoms with E-state index in [1.165, 1.54) is 0 Å². The summed E-state index contributed by atoms with van der Waals surface area (Å²) in [6, 6.07) is 9.79. The summed E-state index contributed by atoms with van der Waals surface area (Å²) in [5.41, 5.74) is 8.28. The maximum absolute atomic E-state index is 12.1. The van der Waals surface area contributed by atoms with Crippen molar-refractivity contribution in [1.82, 2.24) is 15.1 Å². The first-order chi connectivity index (χ1) is 8.59. The molecule has 2 rings (SSSR count). The van der Waals surface area contributed by atoms with Crippen molar-refractivity contribution in [3.63, 3.8) is 0 Å². The summed E-state index contributed by atoms with van der Waals surface area (Å²) in [5.74, 6) is -0.180. The maximum atomic E-state index is 12.1. The minimum atomic E-state index is -0.180. The first-order valence-corrected chi connectivity index (χ1v) is 5.69. The van der Waals surface area contributed by atoms with E-state index < -0.39 is 0 Å². The van der Waals surface area contributed by atoms with Gasteiger partial charge in [-0.2, -0.15) is 5.10 Å². The number of anilines is 1. The Labute approximate surface area is 106 Å². The monoisotopic (exact) mass is 244 g/mol. The zero-order chi connectivity index (χ0) is 13.1. The van der Waals surface area contributed by atoms with Gasteiger partial charge in [-0.05, 0) is 12.5 Å². The zero-order valence-electron chi connectivity index (χ0n) is 10.5. The highest BCUT2D eigenvalue weighted by atomic mass is 16.2. The van der Waals surface area contributed by atoms with Crippen molar-refractivity contribution in [2.75, 3.05) is 12.8 Å². The molecular formula is C13H16N4O. The minimum Gasteiger partial charge on any atom is -0.395 e. The number of aromatic nitrogens is 2. The smallest absolute Gasteiger partial charge is 0.276 e. The lowest BCUT2D eigenvalue weighted by Crippen LogP contribution is -2.27. The lowest BCUT2D eigenvalue weighted by atomic mass is 10.2. The van der Waals surface area contributed by atoms with Crippen LogP contribution in [0.5, 0.6) is 0 Å². The molecule has 1 aromatic carbocycles. The van der Waals surface area contributed by atoms with Crippen LogP contribution >= 0.6 is 0 Å². The summed E-state index contributed by atoms with van der Waals surface area (Å²) in [7, 11) is 1.73. The molecular weight excluding hydrogens is 228 g/mol. The predicted molar refractivity (Wildman–Crippen MR) is 70.0 cm³/mol. The van der Waals surface area contributed by atoms with Crippen LogP contribution in [0.3, 0.4) is 0 Å². The highest BCUT2D eigenvalue weighted by Crippen LogP contribution is 2.15. The molecule has 0 spiro atoms. The Morgan fingerprint density at radius 1 is 1.39 bits per heavy atom. The van der Waals surface area contributed by atoms with E-state index in [9.17, 15) is 4.79 Å². The zero-order valence-corrected chi connectivity index (χ0v) is 10.5. The van der Waals surface area contributed by atoms with Gasteiger partial charge in [0.25, 0.3) is 5.91 Å². The number of hydrogen-bond donors (Lipinski definition) is 2. The van der Waals surface area contributed by atoms with Gasteiger partial charge < -0.3 is 10.6 Å². The van der Waals surface area contributed by atoms with Crippen molar-refractivity contribution in [2.45, 2.75) is 13.5 Å². The first-order valence-electron chi connectivity index (χ1n) is 5.69. The molecule has 0 atom stereocenters. The lowest BCUT2D eigenvalue weighted by Gasteiger charge is -2.16. The van der Waals surface area contributed by atoms with Crippen LogP contribution in [-0.2, 0) is 6.54 Å². The van der Waals surface area contributed by atoms with E-state index in [1.54, 1.807) is 18.9 Å². The Morgan fingerprint density at radius 2 is 2.06 bits per heavy atom. The number of H-pyrrole nitrogens is 1. The second-order valence-corrected chi connectivity index (χ2v) is 4.26. The van der Waals surface area contributed by atoms with Gasteiger partial charge in [0.15, 0.2) is 5.69 Å². The number of nitrogens with one attached hydrogen (secondary N) is 1. The van der Waals surface area contributed by atoms with Crippen molar-refractivity contribution in [3.05, 3.63) is 47.3 Å². The largest absolute Gasteiger partial charge is 0.395 e. The van der Waals surface area contributed by atoms with Crippen molar-refractivity contribution >= 4 is 11.6 Å². The fourth-order valence-corrected chi connectivity index (χ4v) is 1.71. The molecule has 0 radical (unpaired) electrons. The third-order valence-electron chi connectivity index (χ3n) is 2.81. The van der Waals surface area contributed by atoms with Crippen molar-refractivity contribution in [2.24, 2.45) is 0 Å². The van der Waals surface area contributed by atoms with Crippen molar-refractivity contribution in [3.8, 4) is 0 Å². The van der Waals surface area contributed by atoms with Gasteiger partial charge in [-0.3, -0.25) is 9.89 Å². The number of hydrogen-bond acceptors (Lipinski definition) is 3. The number of rotatable bonds is 3. The number of carbonyl (C=O) groups is 1. The average Bonchev–Trinajstić information content (AvgIpc) is 2.70. The van der Waals surface area contributed by atoms with E-state index in [0.29, 0.717) is 17.9 Å². The van der Waals surface area contributed by atoms with Crippen LogP contribution in [0.4, 0.5) is 5.69 Å². The molecule has 5 heteroatoms. The van der Waals surface area contributed by atoms with Gasteiger partial charge in [0, 0.05) is 13.6 Å². The Bertz CT molecular complexity index is 547. The lowest BCUT2D eigenvalue weighted by molar-refractivity contribution is 0.0780. The molecule has 0 aliphatic carbocycles. The molecule has 2 aromatic rings.